The average molecular weight is 261 g/mol. The molecule has 0 spiro atoms. The van der Waals surface area contributed by atoms with Crippen molar-refractivity contribution in [1.29, 1.82) is 0 Å². The standard InChI is InChI=1S/C16H23NO2/c1-16(2,14-4-3-5-14)11-17-10-12-6-8-13(9-7-12)15(18)19/h6-9,14,17H,3-5,10-11H2,1-2H3,(H,18,19). The number of hydrogen-bond acceptors (Lipinski definition) is 2. The summed E-state index contributed by atoms with van der Waals surface area (Å²) in [6.07, 6.45) is 4.11. The molecule has 2 N–H and O–H groups in total. The highest BCUT2D eigenvalue weighted by atomic mass is 16.4. The van der Waals surface area contributed by atoms with Gasteiger partial charge in [0.25, 0.3) is 0 Å². The van der Waals surface area contributed by atoms with E-state index in [-0.39, 0.29) is 0 Å². The van der Waals surface area contributed by atoms with Gasteiger partial charge in [-0.15, -0.1) is 0 Å². The molecule has 19 heavy (non-hydrogen) atoms. The van der Waals surface area contributed by atoms with E-state index in [4.69, 9.17) is 5.11 Å². The maximum absolute atomic E-state index is 10.8. The molecule has 3 nitrogen and oxygen atoms in total. The van der Waals surface area contributed by atoms with Crippen molar-refractivity contribution in [2.75, 3.05) is 6.54 Å². The van der Waals surface area contributed by atoms with E-state index >= 15 is 0 Å². The minimum atomic E-state index is -0.870. The summed E-state index contributed by atoms with van der Waals surface area (Å²) >= 11 is 0. The predicted octanol–water partition coefficient (Wildman–Crippen LogP) is 3.30. The van der Waals surface area contributed by atoms with Gasteiger partial charge in [0, 0.05) is 13.1 Å². The van der Waals surface area contributed by atoms with Gasteiger partial charge in [-0.05, 0) is 41.9 Å². The van der Waals surface area contributed by atoms with Gasteiger partial charge < -0.3 is 10.4 Å². The molecular formula is C16H23NO2. The Labute approximate surface area is 115 Å². The number of carbonyl (C=O) groups is 1. The minimum absolute atomic E-state index is 0.346. The minimum Gasteiger partial charge on any atom is -0.478 e. The second-order valence-electron chi connectivity index (χ2n) is 6.22. The third-order valence-corrected chi connectivity index (χ3v) is 4.32. The SMILES string of the molecule is CC(C)(CNCc1ccc(C(=O)O)cc1)C1CCC1. The molecule has 0 aromatic heterocycles. The van der Waals surface area contributed by atoms with Crippen LogP contribution < -0.4 is 5.32 Å². The number of aromatic carboxylic acids is 1. The summed E-state index contributed by atoms with van der Waals surface area (Å²) in [5, 5.41) is 12.3. The number of nitrogens with one attached hydrogen (secondary N) is 1. The molecule has 0 amide bonds. The fourth-order valence-corrected chi connectivity index (χ4v) is 2.63. The van der Waals surface area contributed by atoms with Crippen LogP contribution in [0.1, 0.15) is 49.0 Å². The van der Waals surface area contributed by atoms with Crippen molar-refractivity contribution >= 4 is 5.97 Å². The predicted molar refractivity (Wildman–Crippen MR) is 76.2 cm³/mol. The van der Waals surface area contributed by atoms with Gasteiger partial charge in [0.2, 0.25) is 0 Å². The highest BCUT2D eigenvalue weighted by Gasteiger charge is 2.33. The summed E-state index contributed by atoms with van der Waals surface area (Å²) in [5.74, 6) is -0.0139. The van der Waals surface area contributed by atoms with E-state index in [1.54, 1.807) is 12.1 Å². The van der Waals surface area contributed by atoms with Gasteiger partial charge in [0.15, 0.2) is 0 Å². The lowest BCUT2D eigenvalue weighted by Crippen LogP contribution is -2.38. The number of hydrogen-bond donors (Lipinski definition) is 2. The Morgan fingerprint density at radius 3 is 2.42 bits per heavy atom. The van der Waals surface area contributed by atoms with E-state index in [0.717, 1.165) is 24.6 Å². The zero-order valence-corrected chi connectivity index (χ0v) is 11.8. The van der Waals surface area contributed by atoms with Crippen molar-refractivity contribution in [3.63, 3.8) is 0 Å². The summed E-state index contributed by atoms with van der Waals surface area (Å²) in [4.78, 5) is 10.8. The van der Waals surface area contributed by atoms with E-state index in [9.17, 15) is 4.79 Å². The van der Waals surface area contributed by atoms with Crippen LogP contribution >= 0.6 is 0 Å². The first-order chi connectivity index (χ1) is 8.99. The Morgan fingerprint density at radius 2 is 1.95 bits per heavy atom. The normalized spacial score (nSPS) is 16.1. The van der Waals surface area contributed by atoms with E-state index in [2.05, 4.69) is 19.2 Å². The van der Waals surface area contributed by atoms with Crippen LogP contribution in [-0.2, 0) is 6.54 Å². The molecule has 1 aromatic carbocycles. The summed E-state index contributed by atoms with van der Waals surface area (Å²) in [7, 11) is 0. The molecule has 0 saturated heterocycles. The third-order valence-electron chi connectivity index (χ3n) is 4.32. The zero-order chi connectivity index (χ0) is 13.9. The van der Waals surface area contributed by atoms with E-state index < -0.39 is 5.97 Å². The molecule has 1 aliphatic rings. The van der Waals surface area contributed by atoms with Crippen LogP contribution in [0.2, 0.25) is 0 Å². The van der Waals surface area contributed by atoms with Gasteiger partial charge in [0.1, 0.15) is 0 Å². The van der Waals surface area contributed by atoms with E-state index in [1.165, 1.54) is 19.3 Å². The van der Waals surface area contributed by atoms with Crippen LogP contribution in [-0.4, -0.2) is 17.6 Å². The second-order valence-corrected chi connectivity index (χ2v) is 6.22. The monoisotopic (exact) mass is 261 g/mol. The lowest BCUT2D eigenvalue weighted by molar-refractivity contribution is 0.0697. The summed E-state index contributed by atoms with van der Waals surface area (Å²) in [5.41, 5.74) is 1.84. The van der Waals surface area contributed by atoms with Crippen LogP contribution in [0.5, 0.6) is 0 Å². The summed E-state index contributed by atoms with van der Waals surface area (Å²) in [6, 6.07) is 7.09. The lowest BCUT2D eigenvalue weighted by atomic mass is 9.67. The molecule has 1 saturated carbocycles. The molecule has 0 aliphatic heterocycles. The van der Waals surface area contributed by atoms with E-state index in [1.807, 2.05) is 12.1 Å². The fraction of sp³-hybridized carbons (Fsp3) is 0.562. The van der Waals surface area contributed by atoms with Crippen LogP contribution in [0.3, 0.4) is 0 Å². The third kappa shape index (κ3) is 3.57. The number of carboxylic acids is 1. The second kappa shape index (κ2) is 5.74. The highest BCUT2D eigenvalue weighted by Crippen LogP contribution is 2.41. The molecular weight excluding hydrogens is 238 g/mol. The molecule has 0 heterocycles. The highest BCUT2D eigenvalue weighted by molar-refractivity contribution is 5.87. The van der Waals surface area contributed by atoms with Crippen molar-refractivity contribution < 1.29 is 9.90 Å². The first-order valence-electron chi connectivity index (χ1n) is 7.02. The Hall–Kier alpha value is -1.35. The molecule has 104 valence electrons. The topological polar surface area (TPSA) is 49.3 Å². The molecule has 1 aliphatic carbocycles. The Kier molecular flexibility index (Phi) is 4.25. The van der Waals surface area contributed by atoms with Gasteiger partial charge in [0.05, 0.1) is 5.56 Å². The Balaban J connectivity index is 1.80. The molecule has 1 fully saturated rings. The van der Waals surface area contributed by atoms with Crippen molar-refractivity contribution in [1.82, 2.24) is 5.32 Å². The first-order valence-corrected chi connectivity index (χ1v) is 7.02. The van der Waals surface area contributed by atoms with Crippen LogP contribution in [0, 0.1) is 11.3 Å². The van der Waals surface area contributed by atoms with Crippen LogP contribution in [0.4, 0.5) is 0 Å². The first kappa shape index (κ1) is 14.1. The van der Waals surface area contributed by atoms with Gasteiger partial charge in [-0.25, -0.2) is 4.79 Å². The summed E-state index contributed by atoms with van der Waals surface area (Å²) in [6.45, 7) is 6.48. The van der Waals surface area contributed by atoms with E-state index in [0.29, 0.717) is 11.0 Å². The molecule has 0 radical (unpaired) electrons. The van der Waals surface area contributed by atoms with Crippen LogP contribution in [0.25, 0.3) is 0 Å². The Morgan fingerprint density at radius 1 is 1.32 bits per heavy atom. The molecule has 2 rings (SSSR count). The molecule has 0 unspecified atom stereocenters. The van der Waals surface area contributed by atoms with Crippen LogP contribution in [0.15, 0.2) is 24.3 Å². The lowest BCUT2D eigenvalue weighted by Gasteiger charge is -2.40. The van der Waals surface area contributed by atoms with Gasteiger partial charge in [-0.1, -0.05) is 32.4 Å². The summed E-state index contributed by atoms with van der Waals surface area (Å²) < 4.78 is 0. The Bertz CT molecular complexity index is 433. The number of benzene rings is 1. The van der Waals surface area contributed by atoms with Crippen molar-refractivity contribution in [2.45, 2.75) is 39.7 Å². The quantitative estimate of drug-likeness (QED) is 0.826. The maximum atomic E-state index is 10.8. The van der Waals surface area contributed by atoms with Gasteiger partial charge in [-0.2, -0.15) is 0 Å². The molecule has 0 bridgehead atoms. The van der Waals surface area contributed by atoms with Crippen molar-refractivity contribution in [3.8, 4) is 0 Å². The number of carboxylic acid groups (broad SMARTS) is 1. The average Bonchev–Trinajstić information content (AvgIpc) is 2.26. The van der Waals surface area contributed by atoms with Crippen molar-refractivity contribution in [3.05, 3.63) is 35.4 Å². The molecule has 0 atom stereocenters. The maximum Gasteiger partial charge on any atom is 0.335 e. The molecule has 3 heteroatoms. The van der Waals surface area contributed by atoms with Gasteiger partial charge in [-0.3, -0.25) is 0 Å². The fourth-order valence-electron chi connectivity index (χ4n) is 2.63. The largest absolute Gasteiger partial charge is 0.478 e. The molecule has 1 aromatic rings. The van der Waals surface area contributed by atoms with Gasteiger partial charge >= 0.3 is 5.97 Å². The zero-order valence-electron chi connectivity index (χ0n) is 11.8. The number of rotatable bonds is 6. The smallest absolute Gasteiger partial charge is 0.335 e. The van der Waals surface area contributed by atoms with Crippen molar-refractivity contribution in [2.24, 2.45) is 11.3 Å².